The molecule has 0 radical (unpaired) electrons. The van der Waals surface area contributed by atoms with Crippen molar-refractivity contribution >= 4 is 28.9 Å². The van der Waals surface area contributed by atoms with Crippen LogP contribution in [0, 0.1) is 21.4 Å². The van der Waals surface area contributed by atoms with Gasteiger partial charge in [0.2, 0.25) is 0 Å². The van der Waals surface area contributed by atoms with Crippen LogP contribution >= 0.6 is 0 Å². The van der Waals surface area contributed by atoms with Crippen molar-refractivity contribution in [2.24, 2.45) is 0 Å². The number of carbonyl (C=O) groups is 2. The van der Waals surface area contributed by atoms with Crippen LogP contribution in [0.5, 0.6) is 0 Å². The Kier molecular flexibility index (Phi) is 6.29. The molecule has 0 aliphatic rings. The molecule has 2 aromatic rings. The maximum absolute atomic E-state index is 12.5. The van der Waals surface area contributed by atoms with Crippen LogP contribution in [0.15, 0.2) is 42.5 Å². The van der Waals surface area contributed by atoms with E-state index in [1.165, 1.54) is 19.1 Å². The second kappa shape index (κ2) is 8.64. The molecule has 144 valence electrons. The van der Waals surface area contributed by atoms with Gasteiger partial charge in [-0.3, -0.25) is 14.9 Å². The highest BCUT2D eigenvalue weighted by Crippen LogP contribution is 2.25. The van der Waals surface area contributed by atoms with Gasteiger partial charge in [0.05, 0.1) is 27.4 Å². The number of ether oxygens (including phenoxy) is 1. The third-order valence-electron chi connectivity index (χ3n) is 3.85. The molecule has 0 fully saturated rings. The van der Waals surface area contributed by atoms with Gasteiger partial charge in [-0.1, -0.05) is 12.1 Å². The van der Waals surface area contributed by atoms with Gasteiger partial charge in [0.15, 0.2) is 6.10 Å². The van der Waals surface area contributed by atoms with Crippen LogP contribution in [0.3, 0.4) is 0 Å². The fraction of sp³-hybridized carbons (Fsp3) is 0.211. The number of hydrogen-bond donors (Lipinski definition) is 1. The van der Waals surface area contributed by atoms with Gasteiger partial charge in [0.1, 0.15) is 6.07 Å². The van der Waals surface area contributed by atoms with Gasteiger partial charge in [-0.05, 0) is 25.1 Å². The van der Waals surface area contributed by atoms with E-state index in [-0.39, 0.29) is 16.8 Å². The number of non-ortho nitro benzene ring substituents is 1. The molecule has 0 saturated carbocycles. The highest BCUT2D eigenvalue weighted by atomic mass is 16.6. The minimum Gasteiger partial charge on any atom is -0.449 e. The number of amides is 1. The zero-order chi connectivity index (χ0) is 20.8. The number of anilines is 2. The summed E-state index contributed by atoms with van der Waals surface area (Å²) in [5, 5.41) is 22.6. The van der Waals surface area contributed by atoms with Gasteiger partial charge < -0.3 is 15.0 Å². The first-order chi connectivity index (χ1) is 13.2. The molecule has 28 heavy (non-hydrogen) atoms. The molecule has 0 saturated heterocycles. The topological polar surface area (TPSA) is 126 Å². The third kappa shape index (κ3) is 4.62. The van der Waals surface area contributed by atoms with E-state index in [4.69, 9.17) is 10.00 Å². The Balaban J connectivity index is 2.20. The van der Waals surface area contributed by atoms with Crippen molar-refractivity contribution in [2.75, 3.05) is 24.3 Å². The maximum atomic E-state index is 12.5. The van der Waals surface area contributed by atoms with Gasteiger partial charge in [0, 0.05) is 26.2 Å². The van der Waals surface area contributed by atoms with Crippen molar-refractivity contribution in [3.05, 3.63) is 63.7 Å². The molecule has 0 unspecified atom stereocenters. The molecule has 0 aliphatic carbocycles. The molecule has 0 spiro atoms. The quantitative estimate of drug-likeness (QED) is 0.462. The van der Waals surface area contributed by atoms with Crippen molar-refractivity contribution < 1.29 is 19.2 Å². The van der Waals surface area contributed by atoms with E-state index in [0.29, 0.717) is 11.4 Å². The lowest BCUT2D eigenvalue weighted by molar-refractivity contribution is -0.384. The molecule has 1 N–H and O–H groups in total. The summed E-state index contributed by atoms with van der Waals surface area (Å²) < 4.78 is 5.19. The van der Waals surface area contributed by atoms with Crippen LogP contribution in [0.4, 0.5) is 17.1 Å². The minimum absolute atomic E-state index is 0.0312. The van der Waals surface area contributed by atoms with E-state index in [2.05, 4.69) is 5.32 Å². The number of nitro groups is 1. The average Bonchev–Trinajstić information content (AvgIpc) is 2.67. The zero-order valence-electron chi connectivity index (χ0n) is 15.5. The number of esters is 1. The lowest BCUT2D eigenvalue weighted by Gasteiger charge is -2.18. The van der Waals surface area contributed by atoms with Gasteiger partial charge in [-0.2, -0.15) is 5.26 Å². The normalized spacial score (nSPS) is 11.1. The second-order valence-corrected chi connectivity index (χ2v) is 6.05. The molecule has 2 aromatic carbocycles. The first-order valence-corrected chi connectivity index (χ1v) is 8.21. The summed E-state index contributed by atoms with van der Waals surface area (Å²) in [7, 11) is 3.35. The Bertz CT molecular complexity index is 965. The van der Waals surface area contributed by atoms with Crippen LogP contribution in [0.2, 0.25) is 0 Å². The smallest absolute Gasteiger partial charge is 0.341 e. The Labute approximate surface area is 161 Å². The fourth-order valence-electron chi connectivity index (χ4n) is 2.39. The molecule has 2 rings (SSSR count). The Morgan fingerprint density at radius 3 is 2.54 bits per heavy atom. The molecule has 0 heterocycles. The summed E-state index contributed by atoms with van der Waals surface area (Å²) in [6, 6.07) is 12.2. The summed E-state index contributed by atoms with van der Waals surface area (Å²) in [6.07, 6.45) is -1.19. The lowest BCUT2D eigenvalue weighted by atomic mass is 10.1. The first-order valence-electron chi connectivity index (χ1n) is 8.21. The predicted molar refractivity (Wildman–Crippen MR) is 102 cm³/mol. The number of nitriles is 1. The molecule has 9 heteroatoms. The van der Waals surface area contributed by atoms with E-state index in [0.717, 1.165) is 6.07 Å². The first kappa shape index (κ1) is 20.4. The van der Waals surface area contributed by atoms with Gasteiger partial charge in [0.25, 0.3) is 11.6 Å². The highest BCUT2D eigenvalue weighted by Gasteiger charge is 2.24. The molecule has 1 amide bonds. The SMILES string of the molecule is C[C@@H](OC(=O)c1cc([N+](=O)[O-])ccc1N(C)C)C(=O)Nc1ccccc1C#N. The lowest BCUT2D eigenvalue weighted by Crippen LogP contribution is -2.30. The van der Waals surface area contributed by atoms with Crippen LogP contribution in [0.1, 0.15) is 22.8 Å². The van der Waals surface area contributed by atoms with Crippen molar-refractivity contribution in [1.82, 2.24) is 0 Å². The molecule has 0 bridgehead atoms. The number of nitrogens with zero attached hydrogens (tertiary/aromatic N) is 3. The van der Waals surface area contributed by atoms with E-state index in [1.54, 1.807) is 43.3 Å². The highest BCUT2D eigenvalue weighted by molar-refractivity contribution is 6.00. The van der Waals surface area contributed by atoms with Crippen molar-refractivity contribution in [2.45, 2.75) is 13.0 Å². The summed E-state index contributed by atoms with van der Waals surface area (Å²) in [5.41, 5.74) is 0.678. The van der Waals surface area contributed by atoms with E-state index >= 15 is 0 Å². The average molecular weight is 382 g/mol. The van der Waals surface area contributed by atoms with Crippen LogP contribution in [-0.2, 0) is 9.53 Å². The largest absolute Gasteiger partial charge is 0.449 e. The minimum atomic E-state index is -1.19. The molecule has 9 nitrogen and oxygen atoms in total. The van der Waals surface area contributed by atoms with Crippen molar-refractivity contribution in [3.63, 3.8) is 0 Å². The summed E-state index contributed by atoms with van der Waals surface area (Å²) in [5.74, 6) is -1.50. The number of carbonyl (C=O) groups excluding carboxylic acids is 2. The molecule has 0 aliphatic heterocycles. The third-order valence-corrected chi connectivity index (χ3v) is 3.85. The van der Waals surface area contributed by atoms with Gasteiger partial charge >= 0.3 is 5.97 Å². The van der Waals surface area contributed by atoms with Crippen molar-refractivity contribution in [1.29, 1.82) is 5.26 Å². The maximum Gasteiger partial charge on any atom is 0.341 e. The molecule has 1 atom stereocenters. The number of nitro benzene ring substituents is 1. The second-order valence-electron chi connectivity index (χ2n) is 6.05. The predicted octanol–water partition coefficient (Wildman–Crippen LogP) is 2.72. The summed E-state index contributed by atoms with van der Waals surface area (Å²) >= 11 is 0. The molecular formula is C19H18N4O5. The number of nitrogens with one attached hydrogen (secondary N) is 1. The molecular weight excluding hydrogens is 364 g/mol. The Morgan fingerprint density at radius 1 is 1.25 bits per heavy atom. The van der Waals surface area contributed by atoms with Crippen LogP contribution < -0.4 is 10.2 Å². The Morgan fingerprint density at radius 2 is 1.93 bits per heavy atom. The van der Waals surface area contributed by atoms with Crippen LogP contribution in [0.25, 0.3) is 0 Å². The monoisotopic (exact) mass is 382 g/mol. The number of para-hydroxylation sites is 1. The summed E-state index contributed by atoms with van der Waals surface area (Å²) in [6.45, 7) is 1.37. The van der Waals surface area contributed by atoms with E-state index in [9.17, 15) is 19.7 Å². The number of hydrogen-bond acceptors (Lipinski definition) is 7. The number of rotatable bonds is 6. The number of benzene rings is 2. The Hall–Kier alpha value is -3.93. The van der Waals surface area contributed by atoms with Crippen LogP contribution in [-0.4, -0.2) is 37.0 Å². The van der Waals surface area contributed by atoms with Gasteiger partial charge in [-0.25, -0.2) is 4.79 Å². The zero-order valence-corrected chi connectivity index (χ0v) is 15.5. The van der Waals surface area contributed by atoms with E-state index < -0.39 is 22.9 Å². The van der Waals surface area contributed by atoms with Gasteiger partial charge in [-0.15, -0.1) is 0 Å². The molecule has 0 aromatic heterocycles. The fourth-order valence-corrected chi connectivity index (χ4v) is 2.39. The standard InChI is InChI=1S/C19H18N4O5/c1-12(18(24)21-16-7-5-4-6-13(16)11-20)28-19(25)15-10-14(23(26)27)8-9-17(15)22(2)3/h4-10,12H,1-3H3,(H,21,24)/t12-/m1/s1. The summed E-state index contributed by atoms with van der Waals surface area (Å²) in [4.78, 5) is 36.8. The van der Waals surface area contributed by atoms with Crippen molar-refractivity contribution in [3.8, 4) is 6.07 Å². The van der Waals surface area contributed by atoms with E-state index in [1.807, 2.05) is 6.07 Å².